The van der Waals surface area contributed by atoms with E-state index in [0.717, 1.165) is 35.4 Å². The van der Waals surface area contributed by atoms with Crippen LogP contribution in [0.4, 0.5) is 5.69 Å². The summed E-state index contributed by atoms with van der Waals surface area (Å²) in [6.07, 6.45) is 3.59. The van der Waals surface area contributed by atoms with Crippen LogP contribution in [0.5, 0.6) is 0 Å². The molecule has 35 heavy (non-hydrogen) atoms. The van der Waals surface area contributed by atoms with Gasteiger partial charge >= 0.3 is 0 Å². The predicted molar refractivity (Wildman–Crippen MR) is 142 cm³/mol. The maximum atomic E-state index is 13.5. The second-order valence-electron chi connectivity index (χ2n) is 8.38. The van der Waals surface area contributed by atoms with Crippen LogP contribution in [-0.4, -0.2) is 50.5 Å². The van der Waals surface area contributed by atoms with Gasteiger partial charge in [0.2, 0.25) is 21.8 Å². The summed E-state index contributed by atoms with van der Waals surface area (Å²) in [4.78, 5) is 27.7. The Morgan fingerprint density at radius 1 is 1.00 bits per heavy atom. The van der Waals surface area contributed by atoms with E-state index in [1.54, 1.807) is 37.3 Å². The van der Waals surface area contributed by atoms with E-state index in [-0.39, 0.29) is 12.5 Å². The van der Waals surface area contributed by atoms with Crippen molar-refractivity contribution in [2.45, 2.75) is 52.6 Å². The highest BCUT2D eigenvalue weighted by Gasteiger charge is 2.30. The monoisotopic (exact) mass is 541 g/mol. The zero-order valence-electron chi connectivity index (χ0n) is 20.6. The third-order valence-corrected chi connectivity index (χ3v) is 7.53. The van der Waals surface area contributed by atoms with E-state index in [9.17, 15) is 18.0 Å². The molecular formula is C25H33Cl2N3O4S. The number of nitrogens with one attached hydrogen (secondary N) is 1. The van der Waals surface area contributed by atoms with E-state index in [2.05, 4.69) is 5.32 Å². The van der Waals surface area contributed by atoms with Crippen molar-refractivity contribution in [3.63, 3.8) is 0 Å². The van der Waals surface area contributed by atoms with Crippen molar-refractivity contribution in [3.8, 4) is 0 Å². The van der Waals surface area contributed by atoms with Gasteiger partial charge in [0, 0.05) is 13.1 Å². The molecule has 0 saturated carbocycles. The Kier molecular flexibility index (Phi) is 10.9. The summed E-state index contributed by atoms with van der Waals surface area (Å²) in [5.41, 5.74) is 2.10. The number of carbonyl (C=O) groups excluding carboxylic acids is 2. The number of unbranched alkanes of at least 4 members (excludes halogenated alkanes) is 1. The third-order valence-electron chi connectivity index (χ3n) is 5.65. The van der Waals surface area contributed by atoms with Gasteiger partial charge in [0.15, 0.2) is 0 Å². The van der Waals surface area contributed by atoms with E-state index in [0.29, 0.717) is 27.8 Å². The van der Waals surface area contributed by atoms with Gasteiger partial charge < -0.3 is 10.2 Å². The van der Waals surface area contributed by atoms with Crippen LogP contribution >= 0.6 is 23.2 Å². The smallest absolute Gasteiger partial charge is 0.244 e. The fraction of sp³-hybridized carbons (Fsp3) is 0.440. The first-order chi connectivity index (χ1) is 16.5. The minimum absolute atomic E-state index is 0.0600. The average molecular weight is 543 g/mol. The molecule has 2 amide bonds. The molecule has 1 N–H and O–H groups in total. The molecule has 0 saturated heterocycles. The van der Waals surface area contributed by atoms with Crippen molar-refractivity contribution in [1.82, 2.24) is 10.2 Å². The first-order valence-electron chi connectivity index (χ1n) is 11.6. The Morgan fingerprint density at radius 2 is 1.63 bits per heavy atom. The summed E-state index contributed by atoms with van der Waals surface area (Å²) >= 11 is 12.2. The first kappa shape index (κ1) is 28.9. The zero-order valence-corrected chi connectivity index (χ0v) is 22.9. The van der Waals surface area contributed by atoms with E-state index in [1.807, 2.05) is 26.0 Å². The Bertz CT molecular complexity index is 1120. The van der Waals surface area contributed by atoms with Gasteiger partial charge in [0.1, 0.15) is 12.6 Å². The average Bonchev–Trinajstić information content (AvgIpc) is 2.82. The molecule has 10 heteroatoms. The molecular weight excluding hydrogens is 509 g/mol. The lowest BCUT2D eigenvalue weighted by atomic mass is 10.1. The van der Waals surface area contributed by atoms with Crippen LogP contribution in [0.25, 0.3) is 0 Å². The van der Waals surface area contributed by atoms with Gasteiger partial charge in [-0.2, -0.15) is 0 Å². The van der Waals surface area contributed by atoms with Crippen LogP contribution in [0.2, 0.25) is 10.0 Å². The Morgan fingerprint density at radius 3 is 2.17 bits per heavy atom. The number of anilines is 1. The van der Waals surface area contributed by atoms with Gasteiger partial charge in [0.05, 0.1) is 22.0 Å². The number of hydrogen-bond acceptors (Lipinski definition) is 4. The predicted octanol–water partition coefficient (Wildman–Crippen LogP) is 4.66. The van der Waals surface area contributed by atoms with Crippen molar-refractivity contribution < 1.29 is 18.0 Å². The minimum atomic E-state index is -3.77. The van der Waals surface area contributed by atoms with E-state index in [4.69, 9.17) is 23.2 Å². The number of hydrogen-bond donors (Lipinski definition) is 1. The summed E-state index contributed by atoms with van der Waals surface area (Å²) in [6.45, 7) is 5.75. The quantitative estimate of drug-likeness (QED) is 0.396. The van der Waals surface area contributed by atoms with Gasteiger partial charge in [-0.05, 0) is 55.2 Å². The SMILES string of the molecule is CCCCNC(=O)[C@@H](C)N(Cc1ccc(Cl)c(Cl)c1)C(=O)CN(c1ccc(CC)cc1)S(C)(=O)=O. The molecule has 0 heterocycles. The number of amides is 2. The molecule has 0 aliphatic heterocycles. The summed E-state index contributed by atoms with van der Waals surface area (Å²) in [6, 6.07) is 11.1. The van der Waals surface area contributed by atoms with Crippen LogP contribution in [0.3, 0.4) is 0 Å². The number of sulfonamides is 1. The summed E-state index contributed by atoms with van der Waals surface area (Å²) in [5, 5.41) is 3.54. The van der Waals surface area contributed by atoms with Crippen LogP contribution < -0.4 is 9.62 Å². The van der Waals surface area contributed by atoms with Crippen molar-refractivity contribution in [2.75, 3.05) is 23.7 Å². The number of aryl methyl sites for hydroxylation is 1. The molecule has 0 radical (unpaired) electrons. The highest BCUT2D eigenvalue weighted by Crippen LogP contribution is 2.24. The van der Waals surface area contributed by atoms with Gasteiger partial charge in [0.25, 0.3) is 0 Å². The molecule has 0 aromatic heterocycles. The van der Waals surface area contributed by atoms with Crippen LogP contribution in [-0.2, 0) is 32.6 Å². The van der Waals surface area contributed by atoms with Gasteiger partial charge in [-0.25, -0.2) is 8.42 Å². The third kappa shape index (κ3) is 8.40. The normalized spacial score (nSPS) is 12.2. The highest BCUT2D eigenvalue weighted by atomic mass is 35.5. The molecule has 2 aromatic carbocycles. The standard InChI is InChI=1S/C25H33Cl2N3O4S/c1-5-7-14-28-25(32)18(3)29(16-20-10-13-22(26)23(27)15-20)24(31)17-30(35(4,33)34)21-11-8-19(6-2)9-12-21/h8-13,15,18H,5-7,14,16-17H2,1-4H3,(H,28,32)/t18-/m1/s1. The molecule has 0 aliphatic carbocycles. The Hall–Kier alpha value is -2.29. The molecule has 7 nitrogen and oxygen atoms in total. The molecule has 192 valence electrons. The van der Waals surface area contributed by atoms with Crippen molar-refractivity contribution in [2.24, 2.45) is 0 Å². The topological polar surface area (TPSA) is 86.8 Å². The van der Waals surface area contributed by atoms with E-state index in [1.165, 1.54) is 4.90 Å². The molecule has 0 aliphatic rings. The molecule has 1 atom stereocenters. The number of rotatable bonds is 12. The fourth-order valence-corrected chi connectivity index (χ4v) is 4.64. The molecule has 2 aromatic rings. The summed E-state index contributed by atoms with van der Waals surface area (Å²) < 4.78 is 26.3. The first-order valence-corrected chi connectivity index (χ1v) is 14.2. The molecule has 0 bridgehead atoms. The molecule has 0 spiro atoms. The largest absolute Gasteiger partial charge is 0.354 e. The second kappa shape index (κ2) is 13.1. The van der Waals surface area contributed by atoms with E-state index >= 15 is 0 Å². The highest BCUT2D eigenvalue weighted by molar-refractivity contribution is 7.92. The lowest BCUT2D eigenvalue weighted by Gasteiger charge is -2.31. The Labute approximate surface area is 218 Å². The van der Waals surface area contributed by atoms with Crippen LogP contribution in [0, 0.1) is 0 Å². The summed E-state index contributed by atoms with van der Waals surface area (Å²) in [5.74, 6) is -0.829. The van der Waals surface area contributed by atoms with Gasteiger partial charge in [-0.15, -0.1) is 0 Å². The van der Waals surface area contributed by atoms with Crippen LogP contribution in [0.1, 0.15) is 44.7 Å². The second-order valence-corrected chi connectivity index (χ2v) is 11.1. The molecule has 0 fully saturated rings. The zero-order chi connectivity index (χ0) is 26.2. The number of halogens is 2. The van der Waals surface area contributed by atoms with Crippen molar-refractivity contribution in [3.05, 3.63) is 63.6 Å². The van der Waals surface area contributed by atoms with Crippen LogP contribution in [0.15, 0.2) is 42.5 Å². The number of nitrogens with zero attached hydrogens (tertiary/aromatic N) is 2. The maximum Gasteiger partial charge on any atom is 0.244 e. The lowest BCUT2D eigenvalue weighted by Crippen LogP contribution is -2.51. The molecule has 2 rings (SSSR count). The van der Waals surface area contributed by atoms with Crippen molar-refractivity contribution in [1.29, 1.82) is 0 Å². The molecule has 0 unspecified atom stereocenters. The van der Waals surface area contributed by atoms with Crippen molar-refractivity contribution >= 4 is 50.7 Å². The van der Waals surface area contributed by atoms with E-state index < -0.39 is 28.5 Å². The van der Waals surface area contributed by atoms with Gasteiger partial charge in [-0.3, -0.25) is 13.9 Å². The lowest BCUT2D eigenvalue weighted by molar-refractivity contribution is -0.139. The summed E-state index contributed by atoms with van der Waals surface area (Å²) in [7, 11) is -3.77. The number of carbonyl (C=O) groups is 2. The van der Waals surface area contributed by atoms with Gasteiger partial charge in [-0.1, -0.05) is 61.7 Å². The maximum absolute atomic E-state index is 13.5. The fourth-order valence-electron chi connectivity index (χ4n) is 3.46. The minimum Gasteiger partial charge on any atom is -0.354 e. The number of benzene rings is 2. The Balaban J connectivity index is 2.36.